The molecule has 3 heteroatoms. The number of hydrogen-bond donors (Lipinski definition) is 1. The van der Waals surface area contributed by atoms with Crippen molar-refractivity contribution in [3.8, 4) is 0 Å². The highest BCUT2D eigenvalue weighted by atomic mass is 15.0. The zero-order valence-electron chi connectivity index (χ0n) is 9.41. The van der Waals surface area contributed by atoms with E-state index in [0.717, 1.165) is 17.9 Å². The van der Waals surface area contributed by atoms with Crippen molar-refractivity contribution in [2.45, 2.75) is 45.6 Å². The van der Waals surface area contributed by atoms with Crippen LogP contribution in [0.2, 0.25) is 0 Å². The van der Waals surface area contributed by atoms with E-state index < -0.39 is 5.54 Å². The van der Waals surface area contributed by atoms with Crippen LogP contribution in [0.1, 0.15) is 51.6 Å². The van der Waals surface area contributed by atoms with E-state index >= 15 is 0 Å². The lowest BCUT2D eigenvalue weighted by Gasteiger charge is -2.21. The number of nitrogens with zero attached hydrogens (tertiary/aromatic N) is 2. The van der Waals surface area contributed by atoms with Gasteiger partial charge in [0, 0.05) is 11.9 Å². The summed E-state index contributed by atoms with van der Waals surface area (Å²) in [7, 11) is 0. The first kappa shape index (κ1) is 11.1. The summed E-state index contributed by atoms with van der Waals surface area (Å²) in [6.45, 7) is 8.25. The van der Waals surface area contributed by atoms with Crippen LogP contribution in [-0.4, -0.2) is 9.97 Å². The Hall–Kier alpha value is -0.960. The molecule has 0 aromatic carbocycles. The van der Waals surface area contributed by atoms with Crippen LogP contribution in [-0.2, 0) is 5.54 Å². The molecule has 0 fully saturated rings. The van der Waals surface area contributed by atoms with Crippen LogP contribution in [0.25, 0.3) is 0 Å². The van der Waals surface area contributed by atoms with Crippen molar-refractivity contribution in [2.24, 2.45) is 5.73 Å². The molecule has 1 aromatic rings. The molecular weight excluding hydrogens is 174 g/mol. The normalized spacial score (nSPS) is 15.6. The minimum atomic E-state index is -0.412. The van der Waals surface area contributed by atoms with Gasteiger partial charge in [0.05, 0.1) is 5.54 Å². The fourth-order valence-corrected chi connectivity index (χ4v) is 1.13. The van der Waals surface area contributed by atoms with Gasteiger partial charge in [-0.3, -0.25) is 0 Å². The molecule has 0 aliphatic carbocycles. The van der Waals surface area contributed by atoms with Gasteiger partial charge in [0.1, 0.15) is 5.82 Å². The molecule has 1 unspecified atom stereocenters. The van der Waals surface area contributed by atoms with Crippen LogP contribution in [0.5, 0.6) is 0 Å². The molecule has 0 aliphatic rings. The Kier molecular flexibility index (Phi) is 3.21. The minimum Gasteiger partial charge on any atom is -0.319 e. The second-order valence-corrected chi connectivity index (χ2v) is 4.23. The monoisotopic (exact) mass is 193 g/mol. The highest BCUT2D eigenvalue weighted by molar-refractivity contribution is 5.11. The quantitative estimate of drug-likeness (QED) is 0.800. The van der Waals surface area contributed by atoms with E-state index in [-0.39, 0.29) is 0 Å². The minimum absolute atomic E-state index is 0.412. The first-order valence-corrected chi connectivity index (χ1v) is 5.09. The van der Waals surface area contributed by atoms with Gasteiger partial charge in [0.25, 0.3) is 0 Å². The highest BCUT2D eigenvalue weighted by Gasteiger charge is 2.22. The molecule has 0 saturated heterocycles. The van der Waals surface area contributed by atoms with Crippen molar-refractivity contribution in [1.29, 1.82) is 0 Å². The molecule has 0 saturated carbocycles. The number of hydrogen-bond acceptors (Lipinski definition) is 3. The van der Waals surface area contributed by atoms with Gasteiger partial charge in [-0.15, -0.1) is 0 Å². The van der Waals surface area contributed by atoms with Gasteiger partial charge in [0.2, 0.25) is 0 Å². The molecule has 1 atom stereocenters. The second kappa shape index (κ2) is 4.05. The van der Waals surface area contributed by atoms with Crippen molar-refractivity contribution >= 4 is 0 Å². The van der Waals surface area contributed by atoms with E-state index in [1.54, 1.807) is 6.20 Å². The van der Waals surface area contributed by atoms with E-state index in [1.807, 2.05) is 19.9 Å². The molecular formula is C11H19N3. The number of rotatable bonds is 3. The van der Waals surface area contributed by atoms with E-state index in [0.29, 0.717) is 5.92 Å². The van der Waals surface area contributed by atoms with E-state index in [9.17, 15) is 0 Å². The average molecular weight is 193 g/mol. The molecule has 3 nitrogen and oxygen atoms in total. The smallest absolute Gasteiger partial charge is 0.148 e. The molecule has 0 bridgehead atoms. The fourth-order valence-electron chi connectivity index (χ4n) is 1.13. The predicted octanol–water partition coefficient (Wildman–Crippen LogP) is 2.18. The molecule has 0 spiro atoms. The zero-order valence-corrected chi connectivity index (χ0v) is 9.41. The van der Waals surface area contributed by atoms with E-state index in [4.69, 9.17) is 5.73 Å². The van der Waals surface area contributed by atoms with Crippen LogP contribution in [0, 0.1) is 0 Å². The SMILES string of the molecule is CCC(C)(N)c1nccc(C(C)C)n1. The maximum absolute atomic E-state index is 6.08. The van der Waals surface area contributed by atoms with Crippen molar-refractivity contribution in [3.63, 3.8) is 0 Å². The van der Waals surface area contributed by atoms with Crippen LogP contribution < -0.4 is 5.73 Å². The summed E-state index contributed by atoms with van der Waals surface area (Å²) < 4.78 is 0. The Bertz CT molecular complexity index is 305. The van der Waals surface area contributed by atoms with Gasteiger partial charge in [0.15, 0.2) is 0 Å². The summed E-state index contributed by atoms with van der Waals surface area (Å²) in [5.74, 6) is 1.16. The van der Waals surface area contributed by atoms with Gasteiger partial charge >= 0.3 is 0 Å². The summed E-state index contributed by atoms with van der Waals surface area (Å²) in [6.07, 6.45) is 2.63. The summed E-state index contributed by atoms with van der Waals surface area (Å²) in [6, 6.07) is 1.94. The first-order chi connectivity index (χ1) is 6.47. The fraction of sp³-hybridized carbons (Fsp3) is 0.636. The molecule has 1 rings (SSSR count). The predicted molar refractivity (Wildman–Crippen MR) is 58.0 cm³/mol. The Balaban J connectivity index is 3.05. The third-order valence-electron chi connectivity index (χ3n) is 2.51. The largest absolute Gasteiger partial charge is 0.319 e. The van der Waals surface area contributed by atoms with Crippen molar-refractivity contribution in [1.82, 2.24) is 9.97 Å². The summed E-state index contributed by atoms with van der Waals surface area (Å²) in [4.78, 5) is 8.71. The van der Waals surface area contributed by atoms with Gasteiger partial charge in [-0.25, -0.2) is 9.97 Å². The average Bonchev–Trinajstić information content (AvgIpc) is 2.18. The maximum atomic E-state index is 6.08. The molecule has 78 valence electrons. The molecule has 2 N–H and O–H groups in total. The lowest BCUT2D eigenvalue weighted by atomic mass is 9.99. The third kappa shape index (κ3) is 2.29. The topological polar surface area (TPSA) is 51.8 Å². The number of aromatic nitrogens is 2. The summed E-state index contributed by atoms with van der Waals surface area (Å²) >= 11 is 0. The Morgan fingerprint density at radius 1 is 1.50 bits per heavy atom. The van der Waals surface area contributed by atoms with Crippen LogP contribution in [0.15, 0.2) is 12.3 Å². The van der Waals surface area contributed by atoms with Crippen LogP contribution >= 0.6 is 0 Å². The molecule has 0 aliphatic heterocycles. The Labute approximate surface area is 85.8 Å². The van der Waals surface area contributed by atoms with Crippen molar-refractivity contribution in [3.05, 3.63) is 23.8 Å². The summed E-state index contributed by atoms with van der Waals surface area (Å²) in [5, 5.41) is 0. The van der Waals surface area contributed by atoms with E-state index in [2.05, 4.69) is 23.8 Å². The molecule has 0 amide bonds. The molecule has 1 aromatic heterocycles. The van der Waals surface area contributed by atoms with Crippen LogP contribution in [0.3, 0.4) is 0 Å². The van der Waals surface area contributed by atoms with Crippen molar-refractivity contribution in [2.75, 3.05) is 0 Å². The van der Waals surface area contributed by atoms with Gasteiger partial charge in [-0.1, -0.05) is 20.8 Å². The van der Waals surface area contributed by atoms with E-state index in [1.165, 1.54) is 0 Å². The third-order valence-corrected chi connectivity index (χ3v) is 2.51. The van der Waals surface area contributed by atoms with Crippen molar-refractivity contribution < 1.29 is 0 Å². The summed E-state index contributed by atoms with van der Waals surface area (Å²) in [5.41, 5.74) is 6.73. The maximum Gasteiger partial charge on any atom is 0.148 e. The highest BCUT2D eigenvalue weighted by Crippen LogP contribution is 2.19. The molecule has 0 radical (unpaired) electrons. The zero-order chi connectivity index (χ0) is 10.8. The lowest BCUT2D eigenvalue weighted by molar-refractivity contribution is 0.442. The Morgan fingerprint density at radius 3 is 2.64 bits per heavy atom. The standard InChI is InChI=1S/C11H19N3/c1-5-11(4,12)10-13-7-6-9(14-10)8(2)3/h6-8H,5,12H2,1-4H3. The first-order valence-electron chi connectivity index (χ1n) is 5.09. The van der Waals surface area contributed by atoms with Gasteiger partial charge in [-0.05, 0) is 25.3 Å². The van der Waals surface area contributed by atoms with Gasteiger partial charge < -0.3 is 5.73 Å². The van der Waals surface area contributed by atoms with Crippen LogP contribution in [0.4, 0.5) is 0 Å². The number of nitrogens with two attached hydrogens (primary N) is 1. The molecule has 14 heavy (non-hydrogen) atoms. The molecule has 1 heterocycles. The lowest BCUT2D eigenvalue weighted by Crippen LogP contribution is -2.34. The van der Waals surface area contributed by atoms with Gasteiger partial charge in [-0.2, -0.15) is 0 Å². The Morgan fingerprint density at radius 2 is 2.14 bits per heavy atom. The second-order valence-electron chi connectivity index (χ2n) is 4.23.